The summed E-state index contributed by atoms with van der Waals surface area (Å²) in [6.45, 7) is 4.04. The first-order valence-corrected chi connectivity index (χ1v) is 6.96. The van der Waals surface area contributed by atoms with Crippen molar-refractivity contribution < 1.29 is 19.8 Å². The van der Waals surface area contributed by atoms with Gasteiger partial charge in [0.05, 0.1) is 0 Å². The molecule has 4 nitrogen and oxygen atoms in total. The normalized spacial score (nSPS) is 14.2. The fraction of sp³-hybridized carbons (Fsp3) is 0.857. The Bertz CT molecular complexity index is 224. The minimum absolute atomic E-state index is 0.230. The standard InChI is InChI=1S/C14H26O4/c1-3-5-7-9-11(15)13(17)14(18)12(16)10-8-6-4-2/h13-14,17-18H,3-10H2,1-2H3. The number of carbonyl (C=O) groups excluding carboxylic acids is 2. The van der Waals surface area contributed by atoms with Crippen LogP contribution in [0.5, 0.6) is 0 Å². The Balaban J connectivity index is 4.02. The van der Waals surface area contributed by atoms with Gasteiger partial charge in [-0.1, -0.05) is 39.5 Å². The molecule has 0 saturated heterocycles. The fourth-order valence-corrected chi connectivity index (χ4v) is 1.75. The third kappa shape index (κ3) is 6.87. The van der Waals surface area contributed by atoms with Gasteiger partial charge >= 0.3 is 0 Å². The van der Waals surface area contributed by atoms with Gasteiger partial charge in [0, 0.05) is 12.8 Å². The Morgan fingerprint density at radius 1 is 0.778 bits per heavy atom. The molecule has 18 heavy (non-hydrogen) atoms. The fourth-order valence-electron chi connectivity index (χ4n) is 1.75. The number of rotatable bonds is 11. The number of carbonyl (C=O) groups is 2. The van der Waals surface area contributed by atoms with Gasteiger partial charge in [0.2, 0.25) is 0 Å². The number of ketones is 2. The SMILES string of the molecule is CCCCCC(=O)C(O)C(O)C(=O)CCCCC. The van der Waals surface area contributed by atoms with Crippen LogP contribution in [0.4, 0.5) is 0 Å². The zero-order chi connectivity index (χ0) is 14.0. The Morgan fingerprint density at radius 3 is 1.39 bits per heavy atom. The molecule has 2 atom stereocenters. The first-order valence-electron chi connectivity index (χ1n) is 6.96. The van der Waals surface area contributed by atoms with Crippen molar-refractivity contribution in [3.8, 4) is 0 Å². The highest BCUT2D eigenvalue weighted by Crippen LogP contribution is 2.09. The van der Waals surface area contributed by atoms with E-state index in [-0.39, 0.29) is 12.8 Å². The molecule has 0 aromatic carbocycles. The summed E-state index contributed by atoms with van der Waals surface area (Å²) in [6.07, 6.45) is 2.57. The van der Waals surface area contributed by atoms with E-state index < -0.39 is 23.8 Å². The van der Waals surface area contributed by atoms with Crippen LogP contribution in [0.25, 0.3) is 0 Å². The molecule has 0 radical (unpaired) electrons. The second-order valence-corrected chi connectivity index (χ2v) is 4.74. The summed E-state index contributed by atoms with van der Waals surface area (Å²) in [7, 11) is 0. The second-order valence-electron chi connectivity index (χ2n) is 4.74. The monoisotopic (exact) mass is 258 g/mol. The summed E-state index contributed by atoms with van der Waals surface area (Å²) in [5, 5.41) is 19.2. The van der Waals surface area contributed by atoms with Crippen LogP contribution in [0, 0.1) is 0 Å². The number of aliphatic hydroxyl groups excluding tert-OH is 2. The lowest BCUT2D eigenvalue weighted by atomic mass is 9.98. The van der Waals surface area contributed by atoms with Crippen LogP contribution in [0.3, 0.4) is 0 Å². The van der Waals surface area contributed by atoms with E-state index in [0.29, 0.717) is 12.8 Å². The number of Topliss-reactive ketones (excluding diaryl/α,β-unsaturated/α-hetero) is 2. The minimum Gasteiger partial charge on any atom is -0.382 e. The Kier molecular flexibility index (Phi) is 9.79. The van der Waals surface area contributed by atoms with Crippen LogP contribution in [0.2, 0.25) is 0 Å². The van der Waals surface area contributed by atoms with Crippen molar-refractivity contribution in [3.05, 3.63) is 0 Å². The van der Waals surface area contributed by atoms with E-state index in [1.807, 2.05) is 13.8 Å². The molecule has 106 valence electrons. The molecule has 0 rings (SSSR count). The maximum Gasteiger partial charge on any atom is 0.164 e. The van der Waals surface area contributed by atoms with Gasteiger partial charge in [-0.25, -0.2) is 0 Å². The highest BCUT2D eigenvalue weighted by Gasteiger charge is 2.28. The highest BCUT2D eigenvalue weighted by molar-refractivity contribution is 5.92. The number of hydrogen-bond donors (Lipinski definition) is 2. The van der Waals surface area contributed by atoms with Gasteiger partial charge in [0.15, 0.2) is 11.6 Å². The van der Waals surface area contributed by atoms with Crippen molar-refractivity contribution in [2.45, 2.75) is 77.4 Å². The molecule has 2 unspecified atom stereocenters. The molecule has 0 spiro atoms. The highest BCUT2D eigenvalue weighted by atomic mass is 16.3. The lowest BCUT2D eigenvalue weighted by molar-refractivity contribution is -0.143. The van der Waals surface area contributed by atoms with Crippen LogP contribution in [-0.4, -0.2) is 34.0 Å². The van der Waals surface area contributed by atoms with E-state index >= 15 is 0 Å². The van der Waals surface area contributed by atoms with Crippen molar-refractivity contribution >= 4 is 11.6 Å². The predicted molar refractivity (Wildman–Crippen MR) is 70.3 cm³/mol. The molecule has 2 N–H and O–H groups in total. The van der Waals surface area contributed by atoms with E-state index in [2.05, 4.69) is 0 Å². The molecule has 0 aliphatic carbocycles. The van der Waals surface area contributed by atoms with Gasteiger partial charge in [-0.05, 0) is 12.8 Å². The van der Waals surface area contributed by atoms with Crippen molar-refractivity contribution in [2.75, 3.05) is 0 Å². The summed E-state index contributed by atoms with van der Waals surface area (Å²) in [4.78, 5) is 23.1. The summed E-state index contributed by atoms with van der Waals surface area (Å²) >= 11 is 0. The van der Waals surface area contributed by atoms with Crippen LogP contribution < -0.4 is 0 Å². The van der Waals surface area contributed by atoms with Crippen LogP contribution in [0.15, 0.2) is 0 Å². The molecular weight excluding hydrogens is 232 g/mol. The van der Waals surface area contributed by atoms with Gasteiger partial charge in [-0.3, -0.25) is 9.59 Å². The minimum atomic E-state index is -1.55. The lowest BCUT2D eigenvalue weighted by Crippen LogP contribution is -2.39. The predicted octanol–water partition coefficient (Wildman–Crippen LogP) is 2.01. The average Bonchev–Trinajstić information content (AvgIpc) is 2.37. The van der Waals surface area contributed by atoms with Crippen molar-refractivity contribution in [2.24, 2.45) is 0 Å². The number of aliphatic hydroxyl groups is 2. The van der Waals surface area contributed by atoms with Crippen LogP contribution in [-0.2, 0) is 9.59 Å². The first-order chi connectivity index (χ1) is 8.54. The van der Waals surface area contributed by atoms with E-state index in [1.165, 1.54) is 0 Å². The molecule has 0 saturated carbocycles. The largest absolute Gasteiger partial charge is 0.382 e. The van der Waals surface area contributed by atoms with Gasteiger partial charge in [0.1, 0.15) is 12.2 Å². The maximum atomic E-state index is 11.5. The van der Waals surface area contributed by atoms with Gasteiger partial charge < -0.3 is 10.2 Å². The first kappa shape index (κ1) is 17.3. The average molecular weight is 258 g/mol. The molecule has 0 bridgehead atoms. The van der Waals surface area contributed by atoms with Crippen molar-refractivity contribution in [1.82, 2.24) is 0 Å². The molecule has 0 heterocycles. The number of unbranched alkanes of at least 4 members (excludes halogenated alkanes) is 4. The lowest BCUT2D eigenvalue weighted by Gasteiger charge is -2.15. The maximum absolute atomic E-state index is 11.5. The van der Waals surface area contributed by atoms with E-state index in [4.69, 9.17) is 0 Å². The van der Waals surface area contributed by atoms with E-state index in [9.17, 15) is 19.8 Å². The smallest absolute Gasteiger partial charge is 0.164 e. The zero-order valence-corrected chi connectivity index (χ0v) is 11.5. The Morgan fingerprint density at radius 2 is 1.11 bits per heavy atom. The molecule has 0 aromatic heterocycles. The van der Waals surface area contributed by atoms with Crippen molar-refractivity contribution in [1.29, 1.82) is 0 Å². The summed E-state index contributed by atoms with van der Waals surface area (Å²) < 4.78 is 0. The van der Waals surface area contributed by atoms with Crippen molar-refractivity contribution in [3.63, 3.8) is 0 Å². The molecule has 0 aliphatic rings. The Labute approximate surface area is 109 Å². The molecule has 0 aromatic rings. The summed E-state index contributed by atoms with van der Waals surface area (Å²) in [5.41, 5.74) is 0. The third-order valence-corrected chi connectivity index (χ3v) is 3.01. The number of hydrogen-bond acceptors (Lipinski definition) is 4. The third-order valence-electron chi connectivity index (χ3n) is 3.01. The van der Waals surface area contributed by atoms with Crippen LogP contribution >= 0.6 is 0 Å². The summed E-state index contributed by atoms with van der Waals surface area (Å²) in [6, 6.07) is 0. The van der Waals surface area contributed by atoms with Gasteiger partial charge in [-0.15, -0.1) is 0 Å². The van der Waals surface area contributed by atoms with Gasteiger partial charge in [-0.2, -0.15) is 0 Å². The van der Waals surface area contributed by atoms with Crippen LogP contribution in [0.1, 0.15) is 65.2 Å². The summed E-state index contributed by atoms with van der Waals surface area (Å²) in [5.74, 6) is -0.861. The molecule has 4 heteroatoms. The molecular formula is C14H26O4. The van der Waals surface area contributed by atoms with E-state index in [0.717, 1.165) is 25.7 Å². The zero-order valence-electron chi connectivity index (χ0n) is 11.5. The molecule has 0 aliphatic heterocycles. The second kappa shape index (κ2) is 10.2. The Hall–Kier alpha value is -0.740. The van der Waals surface area contributed by atoms with Gasteiger partial charge in [0.25, 0.3) is 0 Å². The topological polar surface area (TPSA) is 74.6 Å². The quantitative estimate of drug-likeness (QED) is 0.556. The molecule has 0 fully saturated rings. The molecule has 0 amide bonds. The van der Waals surface area contributed by atoms with E-state index in [1.54, 1.807) is 0 Å².